The Hall–Kier alpha value is -3.49. The number of benzene rings is 2. The maximum atomic E-state index is 12.8. The van der Waals surface area contributed by atoms with Crippen molar-refractivity contribution in [3.05, 3.63) is 75.3 Å². The van der Waals surface area contributed by atoms with Crippen LogP contribution in [0.25, 0.3) is 17.4 Å². The minimum absolute atomic E-state index is 0.170. The van der Waals surface area contributed by atoms with Crippen LogP contribution >= 0.6 is 23.4 Å². The normalized spacial score (nSPS) is 14.7. The summed E-state index contributed by atoms with van der Waals surface area (Å²) in [5, 5.41) is 2.76. The molecule has 174 valence electrons. The van der Waals surface area contributed by atoms with Crippen molar-refractivity contribution in [1.29, 1.82) is 0 Å². The predicted octanol–water partition coefficient (Wildman–Crippen LogP) is 5.90. The molecule has 1 aliphatic rings. The van der Waals surface area contributed by atoms with E-state index in [-0.39, 0.29) is 11.4 Å². The SMILES string of the molecule is COc1ccc(Cl)cc1-c1ccc(/C=C2/SC(=O)N(CC(=O)Nc3ccc(C)cc3C)C2=O)o1. The van der Waals surface area contributed by atoms with Gasteiger partial charge >= 0.3 is 0 Å². The molecule has 1 aromatic heterocycles. The van der Waals surface area contributed by atoms with Gasteiger partial charge in [-0.3, -0.25) is 19.3 Å². The van der Waals surface area contributed by atoms with Crippen LogP contribution in [0.4, 0.5) is 10.5 Å². The lowest BCUT2D eigenvalue weighted by Crippen LogP contribution is -2.36. The first kappa shape index (κ1) is 23.7. The van der Waals surface area contributed by atoms with E-state index in [0.717, 1.165) is 27.8 Å². The number of nitrogens with one attached hydrogen (secondary N) is 1. The molecule has 0 unspecified atom stereocenters. The van der Waals surface area contributed by atoms with Crippen LogP contribution in [0.3, 0.4) is 0 Å². The van der Waals surface area contributed by atoms with Gasteiger partial charge in [0.1, 0.15) is 23.8 Å². The zero-order valence-corrected chi connectivity index (χ0v) is 20.3. The summed E-state index contributed by atoms with van der Waals surface area (Å²) in [5.74, 6) is 0.452. The molecule has 4 rings (SSSR count). The van der Waals surface area contributed by atoms with Gasteiger partial charge in [0.2, 0.25) is 5.91 Å². The van der Waals surface area contributed by atoms with E-state index in [4.69, 9.17) is 20.8 Å². The molecule has 3 aromatic rings. The molecule has 2 aromatic carbocycles. The van der Waals surface area contributed by atoms with Crippen molar-refractivity contribution in [3.8, 4) is 17.1 Å². The molecule has 1 N–H and O–H groups in total. The van der Waals surface area contributed by atoms with E-state index in [0.29, 0.717) is 33.5 Å². The summed E-state index contributed by atoms with van der Waals surface area (Å²) in [5.41, 5.74) is 3.26. The third-order valence-electron chi connectivity index (χ3n) is 5.16. The van der Waals surface area contributed by atoms with Crippen molar-refractivity contribution >= 4 is 52.2 Å². The van der Waals surface area contributed by atoms with Gasteiger partial charge in [0.15, 0.2) is 0 Å². The molecule has 0 radical (unpaired) electrons. The van der Waals surface area contributed by atoms with Crippen LogP contribution in [0, 0.1) is 13.8 Å². The van der Waals surface area contributed by atoms with Crippen LogP contribution in [0.2, 0.25) is 5.02 Å². The fraction of sp³-hybridized carbons (Fsp3) is 0.160. The predicted molar refractivity (Wildman–Crippen MR) is 133 cm³/mol. The number of nitrogens with zero attached hydrogens (tertiary/aromatic N) is 1. The van der Waals surface area contributed by atoms with E-state index in [1.807, 2.05) is 26.0 Å². The molecule has 0 bridgehead atoms. The Kier molecular flexibility index (Phi) is 6.81. The molecular weight excluding hydrogens is 476 g/mol. The highest BCUT2D eigenvalue weighted by atomic mass is 35.5. The number of rotatable bonds is 6. The number of anilines is 1. The highest BCUT2D eigenvalue weighted by molar-refractivity contribution is 8.18. The number of carbonyl (C=O) groups excluding carboxylic acids is 3. The van der Waals surface area contributed by atoms with Gasteiger partial charge in [-0.2, -0.15) is 0 Å². The van der Waals surface area contributed by atoms with Crippen LogP contribution in [0.15, 0.2) is 57.9 Å². The van der Waals surface area contributed by atoms with Gasteiger partial charge in [-0.05, 0) is 67.6 Å². The average Bonchev–Trinajstić information content (AvgIpc) is 3.36. The molecule has 34 heavy (non-hydrogen) atoms. The lowest BCUT2D eigenvalue weighted by Gasteiger charge is -2.13. The molecule has 1 fully saturated rings. The lowest BCUT2D eigenvalue weighted by molar-refractivity contribution is -0.127. The third-order valence-corrected chi connectivity index (χ3v) is 6.30. The molecule has 0 aliphatic carbocycles. The largest absolute Gasteiger partial charge is 0.496 e. The number of hydrogen-bond donors (Lipinski definition) is 1. The second-order valence-corrected chi connectivity index (χ2v) is 9.11. The maximum absolute atomic E-state index is 12.8. The van der Waals surface area contributed by atoms with Crippen LogP contribution in [-0.2, 0) is 9.59 Å². The molecule has 3 amide bonds. The van der Waals surface area contributed by atoms with E-state index in [2.05, 4.69) is 5.32 Å². The highest BCUT2D eigenvalue weighted by Crippen LogP contribution is 2.36. The molecule has 0 atom stereocenters. The first-order chi connectivity index (χ1) is 16.2. The van der Waals surface area contributed by atoms with Crippen molar-refractivity contribution in [2.45, 2.75) is 13.8 Å². The van der Waals surface area contributed by atoms with Crippen molar-refractivity contribution in [2.75, 3.05) is 19.0 Å². The summed E-state index contributed by atoms with van der Waals surface area (Å²) in [6.07, 6.45) is 1.48. The Morgan fingerprint density at radius 3 is 2.68 bits per heavy atom. The number of furan rings is 1. The number of hydrogen-bond acceptors (Lipinski definition) is 6. The number of imide groups is 1. The summed E-state index contributed by atoms with van der Waals surface area (Å²) in [6.45, 7) is 3.46. The number of ether oxygens (including phenoxy) is 1. The van der Waals surface area contributed by atoms with E-state index in [1.54, 1.807) is 43.5 Å². The van der Waals surface area contributed by atoms with E-state index >= 15 is 0 Å². The lowest BCUT2D eigenvalue weighted by atomic mass is 10.1. The smallest absolute Gasteiger partial charge is 0.294 e. The van der Waals surface area contributed by atoms with E-state index in [9.17, 15) is 14.4 Å². The molecule has 1 saturated heterocycles. The van der Waals surface area contributed by atoms with Crippen molar-refractivity contribution in [2.24, 2.45) is 0 Å². The second kappa shape index (κ2) is 9.79. The van der Waals surface area contributed by atoms with Crippen molar-refractivity contribution < 1.29 is 23.5 Å². The van der Waals surface area contributed by atoms with Crippen molar-refractivity contribution in [1.82, 2.24) is 4.90 Å². The van der Waals surface area contributed by atoms with E-state index in [1.165, 1.54) is 6.08 Å². The first-order valence-electron chi connectivity index (χ1n) is 10.3. The van der Waals surface area contributed by atoms with Gasteiger partial charge in [0, 0.05) is 16.8 Å². The Morgan fingerprint density at radius 2 is 1.94 bits per heavy atom. The summed E-state index contributed by atoms with van der Waals surface area (Å²) >= 11 is 6.85. The van der Waals surface area contributed by atoms with Gasteiger partial charge in [-0.15, -0.1) is 0 Å². The average molecular weight is 497 g/mol. The van der Waals surface area contributed by atoms with E-state index < -0.39 is 17.1 Å². The highest BCUT2D eigenvalue weighted by Gasteiger charge is 2.36. The Labute approximate surface area is 205 Å². The summed E-state index contributed by atoms with van der Waals surface area (Å²) in [6, 6.07) is 14.2. The fourth-order valence-corrected chi connectivity index (χ4v) is 4.49. The number of methoxy groups -OCH3 is 1. The zero-order chi connectivity index (χ0) is 24.4. The number of thioether (sulfide) groups is 1. The first-order valence-corrected chi connectivity index (χ1v) is 11.5. The van der Waals surface area contributed by atoms with Gasteiger partial charge in [-0.1, -0.05) is 29.3 Å². The summed E-state index contributed by atoms with van der Waals surface area (Å²) in [7, 11) is 1.54. The minimum Gasteiger partial charge on any atom is -0.496 e. The van der Waals surface area contributed by atoms with Crippen molar-refractivity contribution in [3.63, 3.8) is 0 Å². The number of carbonyl (C=O) groups is 3. The quantitative estimate of drug-likeness (QED) is 0.427. The van der Waals surface area contributed by atoms with Crippen LogP contribution in [0.5, 0.6) is 5.75 Å². The summed E-state index contributed by atoms with van der Waals surface area (Å²) < 4.78 is 11.2. The minimum atomic E-state index is -0.552. The Bertz CT molecular complexity index is 1330. The molecule has 1 aliphatic heterocycles. The monoisotopic (exact) mass is 496 g/mol. The standard InChI is InChI=1S/C25H21ClN2O5S/c1-14-4-7-19(15(2)10-14)27-23(29)13-28-24(30)22(34-25(28)31)12-17-6-9-21(33-17)18-11-16(26)5-8-20(18)32-3/h4-12H,13H2,1-3H3,(H,27,29)/b22-12+. The fourth-order valence-electron chi connectivity index (χ4n) is 3.50. The van der Waals surface area contributed by atoms with Gasteiger partial charge < -0.3 is 14.5 Å². The molecule has 7 nitrogen and oxygen atoms in total. The van der Waals surface area contributed by atoms with Gasteiger partial charge in [0.25, 0.3) is 11.1 Å². The summed E-state index contributed by atoms with van der Waals surface area (Å²) in [4.78, 5) is 38.8. The number of aryl methyl sites for hydroxylation is 2. The van der Waals surface area contributed by atoms with Crippen LogP contribution in [-0.4, -0.2) is 35.6 Å². The van der Waals surface area contributed by atoms with Gasteiger partial charge in [0.05, 0.1) is 17.6 Å². The topological polar surface area (TPSA) is 88.9 Å². The zero-order valence-electron chi connectivity index (χ0n) is 18.7. The second-order valence-electron chi connectivity index (χ2n) is 7.68. The molecule has 9 heteroatoms. The van der Waals surface area contributed by atoms with Crippen LogP contribution < -0.4 is 10.1 Å². The number of amides is 3. The number of halogens is 1. The third kappa shape index (κ3) is 5.03. The molecule has 2 heterocycles. The van der Waals surface area contributed by atoms with Crippen LogP contribution in [0.1, 0.15) is 16.9 Å². The Morgan fingerprint density at radius 1 is 1.15 bits per heavy atom. The molecule has 0 spiro atoms. The Balaban J connectivity index is 1.48. The molecule has 0 saturated carbocycles. The maximum Gasteiger partial charge on any atom is 0.294 e. The molecular formula is C25H21ClN2O5S. The van der Waals surface area contributed by atoms with Gasteiger partial charge in [-0.25, -0.2) is 0 Å².